The van der Waals surface area contributed by atoms with Crippen molar-refractivity contribution in [3.63, 3.8) is 0 Å². The zero-order valence-corrected chi connectivity index (χ0v) is 19.0. The molecule has 2 aliphatic rings. The summed E-state index contributed by atoms with van der Waals surface area (Å²) in [5.41, 5.74) is 3.62. The molecule has 1 saturated heterocycles. The molecule has 1 fully saturated rings. The number of rotatable bonds is 5. The van der Waals surface area contributed by atoms with E-state index in [0.29, 0.717) is 5.75 Å². The van der Waals surface area contributed by atoms with Gasteiger partial charge in [0.15, 0.2) is 11.5 Å². The summed E-state index contributed by atoms with van der Waals surface area (Å²) in [5, 5.41) is 5.61. The smallest absolute Gasteiger partial charge is 0.255 e. The molecule has 0 bridgehead atoms. The molecule has 6 rings (SSSR count). The van der Waals surface area contributed by atoms with Crippen molar-refractivity contribution in [1.82, 2.24) is 19.2 Å². The van der Waals surface area contributed by atoms with E-state index in [4.69, 9.17) is 9.47 Å². The lowest BCUT2D eigenvalue weighted by molar-refractivity contribution is 0.174. The van der Waals surface area contributed by atoms with Gasteiger partial charge in [-0.2, -0.15) is 5.10 Å². The maximum absolute atomic E-state index is 12.9. The summed E-state index contributed by atoms with van der Waals surface area (Å²) in [4.78, 5) is 15.4. The van der Waals surface area contributed by atoms with Crippen molar-refractivity contribution in [2.45, 2.75) is 19.4 Å². The maximum atomic E-state index is 12.9. The van der Waals surface area contributed by atoms with Crippen LogP contribution in [-0.4, -0.2) is 45.7 Å². The first-order valence-corrected chi connectivity index (χ1v) is 11.1. The highest BCUT2D eigenvalue weighted by molar-refractivity contribution is 5.85. The number of fused-ring (bicyclic) bond motifs is 2. The lowest BCUT2D eigenvalue weighted by Gasteiger charge is -2.14. The number of aromatic nitrogens is 3. The topological polar surface area (TPSA) is 61.5 Å². The Balaban J connectivity index is 0.00000228. The van der Waals surface area contributed by atoms with Crippen LogP contribution in [0.2, 0.25) is 0 Å². The minimum absolute atomic E-state index is 0. The number of pyridine rings is 1. The van der Waals surface area contributed by atoms with Crippen LogP contribution < -0.4 is 15.0 Å². The third kappa shape index (κ3) is 4.10. The minimum atomic E-state index is -0.0825. The summed E-state index contributed by atoms with van der Waals surface area (Å²) in [6.45, 7) is 4.52. The van der Waals surface area contributed by atoms with Crippen molar-refractivity contribution in [2.75, 3.05) is 26.4 Å². The van der Waals surface area contributed by atoms with Crippen LogP contribution in [0.5, 0.6) is 11.5 Å². The summed E-state index contributed by atoms with van der Waals surface area (Å²) < 4.78 is 14.6. The Morgan fingerprint density at radius 2 is 1.70 bits per heavy atom. The van der Waals surface area contributed by atoms with E-state index in [1.807, 2.05) is 48.8 Å². The van der Waals surface area contributed by atoms with Crippen LogP contribution in [0.3, 0.4) is 0 Å². The Kier molecular flexibility index (Phi) is 5.83. The van der Waals surface area contributed by atoms with Crippen molar-refractivity contribution in [1.29, 1.82) is 0 Å². The van der Waals surface area contributed by atoms with E-state index < -0.39 is 0 Å². The predicted molar refractivity (Wildman–Crippen MR) is 130 cm³/mol. The van der Waals surface area contributed by atoms with E-state index in [1.165, 1.54) is 25.9 Å². The van der Waals surface area contributed by atoms with Crippen molar-refractivity contribution >= 4 is 23.3 Å². The highest BCUT2D eigenvalue weighted by Gasteiger charge is 2.15. The molecule has 33 heavy (non-hydrogen) atoms. The second-order valence-corrected chi connectivity index (χ2v) is 8.35. The third-order valence-electron chi connectivity index (χ3n) is 6.36. The van der Waals surface area contributed by atoms with Crippen molar-refractivity contribution in [2.24, 2.45) is 0 Å². The van der Waals surface area contributed by atoms with Gasteiger partial charge in [-0.25, -0.2) is 0 Å². The van der Waals surface area contributed by atoms with Crippen molar-refractivity contribution < 1.29 is 9.47 Å². The fraction of sp³-hybridized carbons (Fsp3) is 0.280. The lowest BCUT2D eigenvalue weighted by Crippen LogP contribution is -2.24. The van der Waals surface area contributed by atoms with E-state index >= 15 is 0 Å². The molecule has 4 aromatic rings. The van der Waals surface area contributed by atoms with Crippen LogP contribution >= 0.6 is 12.4 Å². The van der Waals surface area contributed by atoms with E-state index in [-0.39, 0.29) is 24.8 Å². The van der Waals surface area contributed by atoms with Gasteiger partial charge in [0.2, 0.25) is 6.79 Å². The molecular weight excluding hydrogens is 440 g/mol. The normalized spacial score (nSPS) is 15.2. The molecule has 2 aliphatic heterocycles. The van der Waals surface area contributed by atoms with Crippen LogP contribution in [-0.2, 0) is 6.54 Å². The van der Waals surface area contributed by atoms with Gasteiger partial charge in [0.1, 0.15) is 0 Å². The SMILES string of the molecule is Cl.O=c1cc(-c2ccc3c(c2)OCO3)ccn1-c1ccc2c(cnn2CCN2CCCC2)c1. The minimum Gasteiger partial charge on any atom is -0.454 e. The molecule has 7 nitrogen and oxygen atoms in total. The first-order chi connectivity index (χ1) is 15.7. The van der Waals surface area contributed by atoms with Gasteiger partial charge in [0.05, 0.1) is 18.3 Å². The lowest BCUT2D eigenvalue weighted by atomic mass is 10.1. The highest BCUT2D eigenvalue weighted by Crippen LogP contribution is 2.35. The molecule has 2 aromatic carbocycles. The zero-order valence-electron chi connectivity index (χ0n) is 18.1. The highest BCUT2D eigenvalue weighted by atomic mass is 35.5. The number of hydrogen-bond acceptors (Lipinski definition) is 5. The largest absolute Gasteiger partial charge is 0.454 e. The molecule has 0 saturated carbocycles. The van der Waals surface area contributed by atoms with Crippen LogP contribution in [0, 0.1) is 0 Å². The van der Waals surface area contributed by atoms with E-state index in [0.717, 1.165) is 46.6 Å². The first kappa shape index (κ1) is 21.6. The summed E-state index contributed by atoms with van der Waals surface area (Å²) in [6, 6.07) is 15.4. The van der Waals surface area contributed by atoms with Crippen molar-refractivity contribution in [3.8, 4) is 28.3 Å². The second kappa shape index (κ2) is 8.92. The van der Waals surface area contributed by atoms with Gasteiger partial charge in [0, 0.05) is 29.9 Å². The standard InChI is InChI=1S/C25H24N4O3.ClH/c30-25-15-19(18-3-6-23-24(14-18)32-17-31-23)7-10-28(25)21-4-5-22-20(13-21)16-26-29(22)12-11-27-8-1-2-9-27;/h3-7,10,13-16H,1-2,8-9,11-12,17H2;1H. The average Bonchev–Trinajstić information content (AvgIpc) is 3.57. The number of hydrogen-bond donors (Lipinski definition) is 0. The first-order valence-electron chi connectivity index (χ1n) is 11.1. The third-order valence-corrected chi connectivity index (χ3v) is 6.36. The number of likely N-dealkylation sites (tertiary alicyclic amines) is 1. The van der Waals surface area contributed by atoms with Gasteiger partial charge in [-0.3, -0.25) is 14.0 Å². The number of nitrogens with zero attached hydrogens (tertiary/aromatic N) is 4. The molecule has 0 N–H and O–H groups in total. The fourth-order valence-corrected chi connectivity index (χ4v) is 4.59. The molecule has 4 heterocycles. The predicted octanol–water partition coefficient (Wildman–Crippen LogP) is 4.10. The molecule has 170 valence electrons. The number of ether oxygens (including phenoxy) is 2. The Morgan fingerprint density at radius 1 is 0.879 bits per heavy atom. The molecule has 2 aromatic heterocycles. The summed E-state index contributed by atoms with van der Waals surface area (Å²) in [6.07, 6.45) is 6.30. The molecule has 0 amide bonds. The van der Waals surface area contributed by atoms with E-state index in [9.17, 15) is 4.79 Å². The number of benzene rings is 2. The fourth-order valence-electron chi connectivity index (χ4n) is 4.59. The van der Waals surface area contributed by atoms with Crippen LogP contribution in [0.4, 0.5) is 0 Å². The average molecular weight is 465 g/mol. The Morgan fingerprint density at radius 3 is 2.55 bits per heavy atom. The van der Waals surface area contributed by atoms with E-state index in [1.54, 1.807) is 10.6 Å². The quantitative estimate of drug-likeness (QED) is 0.445. The molecule has 0 atom stereocenters. The molecule has 0 spiro atoms. The van der Waals surface area contributed by atoms with Gasteiger partial charge >= 0.3 is 0 Å². The maximum Gasteiger partial charge on any atom is 0.255 e. The van der Waals surface area contributed by atoms with Gasteiger partial charge < -0.3 is 14.4 Å². The van der Waals surface area contributed by atoms with Crippen LogP contribution in [0.1, 0.15) is 12.8 Å². The summed E-state index contributed by atoms with van der Waals surface area (Å²) >= 11 is 0. The second-order valence-electron chi connectivity index (χ2n) is 8.35. The molecule has 8 heteroatoms. The Bertz CT molecular complexity index is 1360. The van der Waals surface area contributed by atoms with E-state index in [2.05, 4.69) is 20.7 Å². The molecule has 0 aliphatic carbocycles. The van der Waals surface area contributed by atoms with Crippen LogP contribution in [0.15, 0.2) is 65.7 Å². The van der Waals surface area contributed by atoms with Gasteiger partial charge in [0.25, 0.3) is 5.56 Å². The monoisotopic (exact) mass is 464 g/mol. The molecule has 0 unspecified atom stereocenters. The Hall–Kier alpha value is -3.29. The number of halogens is 1. The summed E-state index contributed by atoms with van der Waals surface area (Å²) in [5.74, 6) is 1.44. The summed E-state index contributed by atoms with van der Waals surface area (Å²) in [7, 11) is 0. The van der Waals surface area contributed by atoms with Crippen LogP contribution in [0.25, 0.3) is 27.7 Å². The zero-order chi connectivity index (χ0) is 21.5. The molecule has 0 radical (unpaired) electrons. The molecular formula is C25H25ClN4O3. The Labute approximate surface area is 197 Å². The van der Waals surface area contributed by atoms with Gasteiger partial charge in [-0.1, -0.05) is 6.07 Å². The van der Waals surface area contributed by atoms with Crippen molar-refractivity contribution in [3.05, 3.63) is 71.3 Å². The van der Waals surface area contributed by atoms with Gasteiger partial charge in [-0.05, 0) is 73.5 Å². The van der Waals surface area contributed by atoms with Gasteiger partial charge in [-0.15, -0.1) is 12.4 Å².